The van der Waals surface area contributed by atoms with Gasteiger partial charge in [0.1, 0.15) is 6.54 Å². The molecule has 8 nitrogen and oxygen atoms in total. The number of nitrogens with zero attached hydrogens (tertiary/aromatic N) is 4. The zero-order valence-corrected chi connectivity index (χ0v) is 10.5. The molecule has 2 N–H and O–H groups in total. The smallest absolute Gasteiger partial charge is 0.358 e. The molecule has 1 aromatic rings. The Hall–Kier alpha value is -1.96. The predicted octanol–water partition coefficient (Wildman–Crippen LogP) is -0.794. The Bertz CT molecular complexity index is 454. The molecule has 0 saturated heterocycles. The zero-order valence-electron chi connectivity index (χ0n) is 10.5. The number of aliphatic hydroxyl groups excluding tert-OH is 1. The Balaban J connectivity index is 2.72. The first-order chi connectivity index (χ1) is 8.27. The van der Waals surface area contributed by atoms with Crippen LogP contribution in [0.1, 0.15) is 24.3 Å². The van der Waals surface area contributed by atoms with Gasteiger partial charge in [0.05, 0.1) is 18.3 Å². The van der Waals surface area contributed by atoms with Gasteiger partial charge in [0.25, 0.3) is 0 Å². The normalized spacial score (nSPS) is 11.3. The molecule has 8 heteroatoms. The maximum Gasteiger partial charge on any atom is 0.358 e. The van der Waals surface area contributed by atoms with Crippen molar-refractivity contribution < 1.29 is 19.8 Å². The highest BCUT2D eigenvalue weighted by molar-refractivity contribution is 5.84. The summed E-state index contributed by atoms with van der Waals surface area (Å²) in [6, 6.07) is 0. The second-order valence-electron chi connectivity index (χ2n) is 4.53. The average molecular weight is 256 g/mol. The first-order valence-electron chi connectivity index (χ1n) is 5.29. The van der Waals surface area contributed by atoms with E-state index < -0.39 is 11.5 Å². The number of carboxylic acids is 1. The first kappa shape index (κ1) is 14.1. The van der Waals surface area contributed by atoms with Gasteiger partial charge in [0.2, 0.25) is 5.91 Å². The van der Waals surface area contributed by atoms with E-state index in [1.807, 2.05) is 0 Å². The minimum Gasteiger partial charge on any atom is -0.476 e. The fraction of sp³-hybridized carbons (Fsp3) is 0.600. The fourth-order valence-electron chi connectivity index (χ4n) is 1.16. The van der Waals surface area contributed by atoms with Gasteiger partial charge in [-0.15, -0.1) is 5.10 Å². The van der Waals surface area contributed by atoms with E-state index in [4.69, 9.17) is 10.2 Å². The van der Waals surface area contributed by atoms with Crippen LogP contribution in [0.15, 0.2) is 6.20 Å². The van der Waals surface area contributed by atoms with Crippen LogP contribution in [0.25, 0.3) is 0 Å². The molecule has 0 saturated carbocycles. The van der Waals surface area contributed by atoms with Crippen molar-refractivity contribution >= 4 is 11.9 Å². The van der Waals surface area contributed by atoms with Gasteiger partial charge in [0, 0.05) is 7.05 Å². The summed E-state index contributed by atoms with van der Waals surface area (Å²) in [4.78, 5) is 23.9. The van der Waals surface area contributed by atoms with Gasteiger partial charge in [0.15, 0.2) is 5.69 Å². The monoisotopic (exact) mass is 256 g/mol. The van der Waals surface area contributed by atoms with E-state index >= 15 is 0 Å². The van der Waals surface area contributed by atoms with E-state index in [1.165, 1.54) is 11.1 Å². The van der Waals surface area contributed by atoms with Crippen LogP contribution in [0, 0.1) is 0 Å². The quantitative estimate of drug-likeness (QED) is 0.714. The number of hydrogen-bond acceptors (Lipinski definition) is 5. The lowest BCUT2D eigenvalue weighted by molar-refractivity contribution is -0.136. The SMILES string of the molecule is CN(C(=O)Cn1cc(C(=O)O)nn1)C(C)(C)CO. The van der Waals surface area contributed by atoms with Gasteiger partial charge >= 0.3 is 5.97 Å². The van der Waals surface area contributed by atoms with Crippen LogP contribution in [0.4, 0.5) is 0 Å². The molecular formula is C10H16N4O4. The zero-order chi connectivity index (χ0) is 13.9. The second kappa shape index (κ2) is 5.13. The molecule has 0 aliphatic heterocycles. The van der Waals surface area contributed by atoms with Gasteiger partial charge in [-0.3, -0.25) is 4.79 Å². The Morgan fingerprint density at radius 1 is 1.50 bits per heavy atom. The minimum absolute atomic E-state index is 0.125. The molecule has 0 fully saturated rings. The molecule has 100 valence electrons. The number of hydrogen-bond donors (Lipinski definition) is 2. The van der Waals surface area contributed by atoms with Crippen LogP contribution >= 0.6 is 0 Å². The van der Waals surface area contributed by atoms with Crippen LogP contribution in [-0.4, -0.2) is 61.2 Å². The van der Waals surface area contributed by atoms with Gasteiger partial charge in [-0.25, -0.2) is 9.48 Å². The molecule has 0 aliphatic rings. The highest BCUT2D eigenvalue weighted by Gasteiger charge is 2.27. The molecule has 0 aliphatic carbocycles. The highest BCUT2D eigenvalue weighted by atomic mass is 16.4. The fourth-order valence-corrected chi connectivity index (χ4v) is 1.16. The molecular weight excluding hydrogens is 240 g/mol. The third kappa shape index (κ3) is 3.04. The summed E-state index contributed by atoms with van der Waals surface area (Å²) < 4.78 is 1.15. The number of aromatic carboxylic acids is 1. The first-order valence-corrected chi connectivity index (χ1v) is 5.29. The Morgan fingerprint density at radius 3 is 2.56 bits per heavy atom. The number of amides is 1. The van der Waals surface area contributed by atoms with E-state index in [-0.39, 0.29) is 24.8 Å². The number of carboxylic acid groups (broad SMARTS) is 1. The van der Waals surface area contributed by atoms with Crippen LogP contribution in [-0.2, 0) is 11.3 Å². The van der Waals surface area contributed by atoms with Gasteiger partial charge in [-0.2, -0.15) is 0 Å². The molecule has 0 spiro atoms. The van der Waals surface area contributed by atoms with Crippen molar-refractivity contribution in [1.82, 2.24) is 19.9 Å². The van der Waals surface area contributed by atoms with Crippen LogP contribution in [0.5, 0.6) is 0 Å². The van der Waals surface area contributed by atoms with E-state index in [1.54, 1.807) is 20.9 Å². The third-order valence-corrected chi connectivity index (χ3v) is 2.72. The standard InChI is InChI=1S/C10H16N4O4/c1-10(2,6-15)13(3)8(16)5-14-4-7(9(17)18)11-12-14/h4,15H,5-6H2,1-3H3,(H,17,18). The molecule has 1 heterocycles. The highest BCUT2D eigenvalue weighted by Crippen LogP contribution is 2.11. The van der Waals surface area contributed by atoms with Crippen LogP contribution in [0.2, 0.25) is 0 Å². The molecule has 0 bridgehead atoms. The number of carbonyl (C=O) groups is 2. The van der Waals surface area contributed by atoms with E-state index in [0.29, 0.717) is 0 Å². The maximum absolute atomic E-state index is 11.9. The van der Waals surface area contributed by atoms with E-state index in [9.17, 15) is 9.59 Å². The minimum atomic E-state index is -1.20. The van der Waals surface area contributed by atoms with Gasteiger partial charge in [-0.05, 0) is 13.8 Å². The molecule has 18 heavy (non-hydrogen) atoms. The van der Waals surface area contributed by atoms with Gasteiger partial charge < -0.3 is 15.1 Å². The van der Waals surface area contributed by atoms with Crippen LogP contribution < -0.4 is 0 Å². The molecule has 0 radical (unpaired) electrons. The predicted molar refractivity (Wildman–Crippen MR) is 60.9 cm³/mol. The Labute approximate surface area is 104 Å². The average Bonchev–Trinajstić information content (AvgIpc) is 2.76. The van der Waals surface area contributed by atoms with E-state index in [2.05, 4.69) is 10.3 Å². The number of rotatable bonds is 5. The van der Waals surface area contributed by atoms with Crippen molar-refractivity contribution in [3.63, 3.8) is 0 Å². The summed E-state index contributed by atoms with van der Waals surface area (Å²) >= 11 is 0. The molecule has 0 unspecified atom stereocenters. The van der Waals surface area contributed by atoms with Crippen molar-refractivity contribution in [3.8, 4) is 0 Å². The Kier molecular flexibility index (Phi) is 4.02. The molecule has 1 rings (SSSR count). The summed E-state index contributed by atoms with van der Waals surface area (Å²) in [5.74, 6) is -1.49. The summed E-state index contributed by atoms with van der Waals surface area (Å²) in [6.07, 6.45) is 1.18. The van der Waals surface area contributed by atoms with Crippen molar-refractivity contribution in [3.05, 3.63) is 11.9 Å². The third-order valence-electron chi connectivity index (χ3n) is 2.72. The van der Waals surface area contributed by atoms with E-state index in [0.717, 1.165) is 4.68 Å². The van der Waals surface area contributed by atoms with Gasteiger partial charge in [-0.1, -0.05) is 5.21 Å². The van der Waals surface area contributed by atoms with Crippen molar-refractivity contribution in [1.29, 1.82) is 0 Å². The topological polar surface area (TPSA) is 109 Å². The number of likely N-dealkylation sites (N-methyl/N-ethyl adjacent to an activating group) is 1. The summed E-state index contributed by atoms with van der Waals surface area (Å²) in [5, 5.41) is 24.8. The Morgan fingerprint density at radius 2 is 2.11 bits per heavy atom. The molecule has 1 amide bonds. The largest absolute Gasteiger partial charge is 0.476 e. The number of carbonyl (C=O) groups excluding carboxylic acids is 1. The second-order valence-corrected chi connectivity index (χ2v) is 4.53. The summed E-state index contributed by atoms with van der Waals surface area (Å²) in [6.45, 7) is 3.14. The lowest BCUT2D eigenvalue weighted by atomic mass is 10.1. The van der Waals surface area contributed by atoms with Crippen molar-refractivity contribution in [2.75, 3.05) is 13.7 Å². The maximum atomic E-state index is 11.9. The lowest BCUT2D eigenvalue weighted by Gasteiger charge is -2.33. The summed E-state index contributed by atoms with van der Waals surface area (Å²) in [5.41, 5.74) is -0.903. The molecule has 0 aromatic carbocycles. The number of aliphatic hydroxyl groups is 1. The lowest BCUT2D eigenvalue weighted by Crippen LogP contribution is -2.48. The summed E-state index contributed by atoms with van der Waals surface area (Å²) in [7, 11) is 1.56. The van der Waals surface area contributed by atoms with Crippen molar-refractivity contribution in [2.45, 2.75) is 25.9 Å². The van der Waals surface area contributed by atoms with Crippen molar-refractivity contribution in [2.24, 2.45) is 0 Å². The number of aromatic nitrogens is 3. The molecule has 0 atom stereocenters. The van der Waals surface area contributed by atoms with Crippen LogP contribution in [0.3, 0.4) is 0 Å². The molecule has 1 aromatic heterocycles.